The fourth-order valence-electron chi connectivity index (χ4n) is 3.15. The highest BCUT2D eigenvalue weighted by molar-refractivity contribution is 5.85. The Bertz CT molecular complexity index is 698. The number of aromatic nitrogens is 4. The summed E-state index contributed by atoms with van der Waals surface area (Å²) in [4.78, 5) is 14.9. The Kier molecular flexibility index (Phi) is 9.48. The van der Waals surface area contributed by atoms with Gasteiger partial charge in [-0.25, -0.2) is 0 Å². The summed E-state index contributed by atoms with van der Waals surface area (Å²) in [6.45, 7) is 3.54. The zero-order chi connectivity index (χ0) is 17.6. The van der Waals surface area contributed by atoms with Crippen LogP contribution in [-0.4, -0.2) is 63.2 Å². The Balaban J connectivity index is 0.00000182. The van der Waals surface area contributed by atoms with Crippen LogP contribution in [0, 0.1) is 0 Å². The van der Waals surface area contributed by atoms with Crippen molar-refractivity contribution in [2.75, 3.05) is 25.5 Å². The van der Waals surface area contributed by atoms with Crippen molar-refractivity contribution in [1.29, 1.82) is 0 Å². The molecule has 1 amide bonds. The maximum absolute atomic E-state index is 12.9. The van der Waals surface area contributed by atoms with E-state index in [2.05, 4.69) is 26.2 Å². The SMILES string of the molecule is CCC(Nc1nnnn1-c1ccccc1)C(=O)N1CCCC(NC)C1.Cl.Cl. The number of piperidine rings is 1. The van der Waals surface area contributed by atoms with E-state index in [0.29, 0.717) is 18.4 Å². The molecule has 10 heteroatoms. The molecule has 0 spiro atoms. The zero-order valence-corrected chi connectivity index (χ0v) is 17.2. The van der Waals surface area contributed by atoms with Crippen molar-refractivity contribution in [2.45, 2.75) is 38.3 Å². The van der Waals surface area contributed by atoms with E-state index >= 15 is 0 Å². The molecule has 2 aromatic rings. The van der Waals surface area contributed by atoms with Gasteiger partial charge in [-0.15, -0.1) is 24.8 Å². The van der Waals surface area contributed by atoms with Crippen LogP contribution in [0.2, 0.25) is 0 Å². The second-order valence-electron chi connectivity index (χ2n) is 6.27. The number of nitrogens with zero attached hydrogens (tertiary/aromatic N) is 5. The second-order valence-corrected chi connectivity index (χ2v) is 6.27. The number of rotatable bonds is 6. The smallest absolute Gasteiger partial charge is 0.248 e. The molecule has 0 aliphatic carbocycles. The third kappa shape index (κ3) is 5.54. The molecule has 3 rings (SSSR count). The number of likely N-dealkylation sites (N-methyl/N-ethyl adjacent to an activating group) is 1. The molecule has 0 bridgehead atoms. The van der Waals surface area contributed by atoms with Crippen LogP contribution in [0.15, 0.2) is 30.3 Å². The molecule has 2 N–H and O–H groups in total. The number of carbonyl (C=O) groups excluding carboxylic acids is 1. The van der Waals surface area contributed by atoms with Gasteiger partial charge in [0.15, 0.2) is 0 Å². The number of tetrazole rings is 1. The van der Waals surface area contributed by atoms with Gasteiger partial charge >= 0.3 is 0 Å². The lowest BCUT2D eigenvalue weighted by atomic mass is 10.0. The normalized spacial score (nSPS) is 17.4. The topological polar surface area (TPSA) is 88.0 Å². The van der Waals surface area contributed by atoms with E-state index in [-0.39, 0.29) is 36.8 Å². The molecular weight excluding hydrogens is 389 g/mol. The molecule has 150 valence electrons. The fourth-order valence-corrected chi connectivity index (χ4v) is 3.15. The number of hydrogen-bond acceptors (Lipinski definition) is 6. The predicted octanol–water partition coefficient (Wildman–Crippen LogP) is 1.91. The summed E-state index contributed by atoms with van der Waals surface area (Å²) in [5.74, 6) is 0.582. The van der Waals surface area contributed by atoms with Crippen LogP contribution in [0.5, 0.6) is 0 Å². The molecule has 1 aromatic carbocycles. The standard InChI is InChI=1S/C17H25N7O.2ClH/c1-3-15(16(25)23-11-7-8-13(12-23)18-2)19-17-20-21-22-24(17)14-9-5-4-6-10-14;;/h4-6,9-10,13,15,18H,3,7-8,11-12H2,1-2H3,(H,19,20,22);2*1H. The molecule has 0 saturated carbocycles. The van der Waals surface area contributed by atoms with Crippen molar-refractivity contribution >= 4 is 36.7 Å². The third-order valence-corrected chi connectivity index (χ3v) is 4.62. The molecule has 2 unspecified atom stereocenters. The average molecular weight is 416 g/mol. The van der Waals surface area contributed by atoms with Gasteiger partial charge in [0.05, 0.1) is 5.69 Å². The summed E-state index contributed by atoms with van der Waals surface area (Å²) in [6.07, 6.45) is 2.80. The maximum Gasteiger partial charge on any atom is 0.248 e. The van der Waals surface area contributed by atoms with Crippen molar-refractivity contribution in [3.05, 3.63) is 30.3 Å². The monoisotopic (exact) mass is 415 g/mol. The lowest BCUT2D eigenvalue weighted by Gasteiger charge is -2.34. The van der Waals surface area contributed by atoms with E-state index in [1.165, 1.54) is 0 Å². The first-order valence-corrected chi connectivity index (χ1v) is 8.79. The van der Waals surface area contributed by atoms with Crippen molar-refractivity contribution in [2.24, 2.45) is 0 Å². The Hall–Kier alpha value is -1.90. The quantitative estimate of drug-likeness (QED) is 0.748. The molecule has 1 aromatic heterocycles. The maximum atomic E-state index is 12.9. The number of para-hydroxylation sites is 1. The van der Waals surface area contributed by atoms with Crippen LogP contribution < -0.4 is 10.6 Å². The highest BCUT2D eigenvalue weighted by atomic mass is 35.5. The molecule has 2 atom stereocenters. The summed E-state index contributed by atoms with van der Waals surface area (Å²) < 4.78 is 1.61. The molecule has 2 heterocycles. The van der Waals surface area contributed by atoms with Gasteiger partial charge in [0.2, 0.25) is 11.9 Å². The second kappa shape index (κ2) is 11.1. The van der Waals surface area contributed by atoms with Gasteiger partial charge in [-0.3, -0.25) is 4.79 Å². The van der Waals surface area contributed by atoms with Crippen LogP contribution in [0.1, 0.15) is 26.2 Å². The lowest BCUT2D eigenvalue weighted by molar-refractivity contribution is -0.133. The van der Waals surface area contributed by atoms with Crippen molar-refractivity contribution in [3.63, 3.8) is 0 Å². The summed E-state index contributed by atoms with van der Waals surface area (Å²) in [6, 6.07) is 9.66. The van der Waals surface area contributed by atoms with Gasteiger partial charge in [0, 0.05) is 19.1 Å². The molecule has 1 aliphatic heterocycles. The minimum Gasteiger partial charge on any atom is -0.341 e. The average Bonchev–Trinajstić information content (AvgIpc) is 3.14. The van der Waals surface area contributed by atoms with Crippen LogP contribution in [0.3, 0.4) is 0 Å². The van der Waals surface area contributed by atoms with Crippen molar-refractivity contribution < 1.29 is 4.79 Å². The van der Waals surface area contributed by atoms with Crippen LogP contribution in [0.25, 0.3) is 5.69 Å². The van der Waals surface area contributed by atoms with Crippen LogP contribution in [0.4, 0.5) is 5.95 Å². The van der Waals surface area contributed by atoms with Gasteiger partial charge in [0.1, 0.15) is 6.04 Å². The molecule has 1 fully saturated rings. The number of amides is 1. The number of benzene rings is 1. The van der Waals surface area contributed by atoms with E-state index < -0.39 is 0 Å². The van der Waals surface area contributed by atoms with E-state index in [1.54, 1.807) is 4.68 Å². The van der Waals surface area contributed by atoms with E-state index in [9.17, 15) is 4.79 Å². The summed E-state index contributed by atoms with van der Waals surface area (Å²) >= 11 is 0. The highest BCUT2D eigenvalue weighted by Gasteiger charge is 2.28. The minimum atomic E-state index is -0.343. The number of halogens is 2. The van der Waals surface area contributed by atoms with Gasteiger partial charge in [-0.2, -0.15) is 4.68 Å². The van der Waals surface area contributed by atoms with E-state index in [0.717, 1.165) is 31.6 Å². The Labute approximate surface area is 171 Å². The molecule has 1 aliphatic rings. The van der Waals surface area contributed by atoms with Gasteiger partial charge in [0.25, 0.3) is 0 Å². The Morgan fingerprint density at radius 1 is 1.30 bits per heavy atom. The first kappa shape index (κ1) is 23.1. The Morgan fingerprint density at radius 2 is 2.04 bits per heavy atom. The first-order chi connectivity index (χ1) is 12.2. The van der Waals surface area contributed by atoms with E-state index in [1.807, 2.05) is 49.2 Å². The fraction of sp³-hybridized carbons (Fsp3) is 0.529. The van der Waals surface area contributed by atoms with Gasteiger partial charge < -0.3 is 15.5 Å². The molecule has 0 radical (unpaired) electrons. The summed E-state index contributed by atoms with van der Waals surface area (Å²) in [5.41, 5.74) is 0.852. The van der Waals surface area contributed by atoms with E-state index in [4.69, 9.17) is 0 Å². The van der Waals surface area contributed by atoms with Crippen LogP contribution >= 0.6 is 24.8 Å². The zero-order valence-electron chi connectivity index (χ0n) is 15.5. The number of nitrogens with one attached hydrogen (secondary N) is 2. The van der Waals surface area contributed by atoms with Gasteiger partial charge in [-0.05, 0) is 48.9 Å². The van der Waals surface area contributed by atoms with Crippen molar-refractivity contribution in [3.8, 4) is 5.69 Å². The third-order valence-electron chi connectivity index (χ3n) is 4.62. The number of likely N-dealkylation sites (tertiary alicyclic amines) is 1. The summed E-state index contributed by atoms with van der Waals surface area (Å²) in [5, 5.41) is 18.3. The number of carbonyl (C=O) groups is 1. The molecule has 27 heavy (non-hydrogen) atoms. The Morgan fingerprint density at radius 3 is 2.70 bits per heavy atom. The minimum absolute atomic E-state index is 0. The molecular formula is C17H27Cl2N7O. The van der Waals surface area contributed by atoms with Crippen LogP contribution in [-0.2, 0) is 4.79 Å². The predicted molar refractivity (Wildman–Crippen MR) is 110 cm³/mol. The van der Waals surface area contributed by atoms with Crippen molar-refractivity contribution in [1.82, 2.24) is 30.4 Å². The molecule has 8 nitrogen and oxygen atoms in total. The lowest BCUT2D eigenvalue weighted by Crippen LogP contribution is -2.51. The number of hydrogen-bond donors (Lipinski definition) is 2. The van der Waals surface area contributed by atoms with Gasteiger partial charge in [-0.1, -0.05) is 30.2 Å². The summed E-state index contributed by atoms with van der Waals surface area (Å²) in [7, 11) is 1.95. The highest BCUT2D eigenvalue weighted by Crippen LogP contribution is 2.16. The first-order valence-electron chi connectivity index (χ1n) is 8.79. The largest absolute Gasteiger partial charge is 0.341 e. The molecule has 1 saturated heterocycles. The number of anilines is 1.